The zero-order valence-corrected chi connectivity index (χ0v) is 14.7. The third-order valence-electron chi connectivity index (χ3n) is 3.53. The van der Waals surface area contributed by atoms with E-state index in [1.165, 1.54) is 0 Å². The normalized spacial score (nSPS) is 10.3. The predicted molar refractivity (Wildman–Crippen MR) is 98.8 cm³/mol. The van der Waals surface area contributed by atoms with Crippen molar-refractivity contribution in [3.63, 3.8) is 0 Å². The number of anilines is 3. The third kappa shape index (κ3) is 4.63. The molecule has 23 heavy (non-hydrogen) atoms. The van der Waals surface area contributed by atoms with Crippen LogP contribution in [0, 0.1) is 13.8 Å². The van der Waals surface area contributed by atoms with Crippen molar-refractivity contribution in [2.45, 2.75) is 13.8 Å². The van der Waals surface area contributed by atoms with Crippen molar-refractivity contribution in [1.29, 1.82) is 0 Å². The van der Waals surface area contributed by atoms with Gasteiger partial charge >= 0.3 is 0 Å². The van der Waals surface area contributed by atoms with E-state index in [1.807, 2.05) is 69.2 Å². The Bertz CT molecular complexity index is 673. The number of aryl methyl sites for hydroxylation is 2. The monoisotopic (exact) mass is 331 g/mol. The van der Waals surface area contributed by atoms with Gasteiger partial charge in [-0.05, 0) is 55.3 Å². The van der Waals surface area contributed by atoms with E-state index in [0.717, 1.165) is 22.5 Å². The molecule has 0 unspecified atom stereocenters. The first-order valence-corrected chi connectivity index (χ1v) is 7.82. The number of hydrogen-bond acceptors (Lipinski definition) is 3. The minimum atomic E-state index is -0.129. The van der Waals surface area contributed by atoms with Crippen LogP contribution in [0.3, 0.4) is 0 Å². The summed E-state index contributed by atoms with van der Waals surface area (Å²) in [5, 5.41) is 6.53. The SMILES string of the molecule is Cc1cc(C)c(NC(=O)CNc2ccc(N(C)C)cc2)c(Cl)c1. The minimum absolute atomic E-state index is 0.129. The highest BCUT2D eigenvalue weighted by molar-refractivity contribution is 6.34. The van der Waals surface area contributed by atoms with E-state index in [9.17, 15) is 4.79 Å². The first-order valence-electron chi connectivity index (χ1n) is 7.44. The predicted octanol–water partition coefficient (Wildman–Crippen LogP) is 4.07. The van der Waals surface area contributed by atoms with Gasteiger partial charge in [0, 0.05) is 25.5 Å². The number of carbonyl (C=O) groups excluding carboxylic acids is 1. The van der Waals surface area contributed by atoms with Crippen molar-refractivity contribution in [1.82, 2.24) is 0 Å². The molecule has 122 valence electrons. The second kappa shape index (κ2) is 7.38. The first kappa shape index (κ1) is 17.2. The van der Waals surface area contributed by atoms with Crippen LogP contribution in [-0.2, 0) is 4.79 Å². The molecule has 0 spiro atoms. The number of nitrogens with one attached hydrogen (secondary N) is 2. The number of amides is 1. The zero-order valence-electron chi connectivity index (χ0n) is 13.9. The Hall–Kier alpha value is -2.20. The van der Waals surface area contributed by atoms with Crippen LogP contribution in [0.1, 0.15) is 11.1 Å². The molecule has 0 fully saturated rings. The summed E-state index contributed by atoms with van der Waals surface area (Å²) in [6.07, 6.45) is 0. The minimum Gasteiger partial charge on any atom is -0.378 e. The molecule has 0 heterocycles. The van der Waals surface area contributed by atoms with Crippen molar-refractivity contribution >= 4 is 34.6 Å². The topological polar surface area (TPSA) is 44.4 Å². The maximum atomic E-state index is 12.1. The van der Waals surface area contributed by atoms with Crippen LogP contribution in [0.4, 0.5) is 17.1 Å². The summed E-state index contributed by atoms with van der Waals surface area (Å²) >= 11 is 6.20. The van der Waals surface area contributed by atoms with E-state index in [0.29, 0.717) is 10.7 Å². The van der Waals surface area contributed by atoms with E-state index in [1.54, 1.807) is 0 Å². The van der Waals surface area contributed by atoms with E-state index >= 15 is 0 Å². The van der Waals surface area contributed by atoms with Crippen molar-refractivity contribution in [3.8, 4) is 0 Å². The lowest BCUT2D eigenvalue weighted by molar-refractivity contribution is -0.114. The van der Waals surface area contributed by atoms with Gasteiger partial charge in [-0.15, -0.1) is 0 Å². The van der Waals surface area contributed by atoms with Crippen molar-refractivity contribution in [3.05, 3.63) is 52.5 Å². The van der Waals surface area contributed by atoms with Gasteiger partial charge in [0.05, 0.1) is 17.3 Å². The highest BCUT2D eigenvalue weighted by atomic mass is 35.5. The molecule has 2 aromatic rings. The molecule has 5 heteroatoms. The molecule has 4 nitrogen and oxygen atoms in total. The largest absolute Gasteiger partial charge is 0.378 e. The molecule has 0 radical (unpaired) electrons. The fourth-order valence-electron chi connectivity index (χ4n) is 2.32. The van der Waals surface area contributed by atoms with Gasteiger partial charge in [-0.2, -0.15) is 0 Å². The molecule has 0 aliphatic rings. The average molecular weight is 332 g/mol. The van der Waals surface area contributed by atoms with Gasteiger partial charge in [-0.1, -0.05) is 17.7 Å². The summed E-state index contributed by atoms with van der Waals surface area (Å²) in [5.74, 6) is -0.129. The summed E-state index contributed by atoms with van der Waals surface area (Å²) < 4.78 is 0. The maximum Gasteiger partial charge on any atom is 0.243 e. The summed E-state index contributed by atoms with van der Waals surface area (Å²) in [7, 11) is 3.98. The standard InChI is InChI=1S/C18H22ClN3O/c1-12-9-13(2)18(16(19)10-12)21-17(23)11-20-14-5-7-15(8-6-14)22(3)4/h5-10,20H,11H2,1-4H3,(H,21,23). The number of hydrogen-bond donors (Lipinski definition) is 2. The average Bonchev–Trinajstić information content (AvgIpc) is 2.49. The van der Waals surface area contributed by atoms with Gasteiger partial charge in [-0.3, -0.25) is 4.79 Å². The number of nitrogens with zero attached hydrogens (tertiary/aromatic N) is 1. The molecule has 0 aliphatic carbocycles. The lowest BCUT2D eigenvalue weighted by Gasteiger charge is -2.14. The molecular weight excluding hydrogens is 310 g/mol. The quantitative estimate of drug-likeness (QED) is 0.868. The van der Waals surface area contributed by atoms with Crippen LogP contribution in [0.5, 0.6) is 0 Å². The zero-order chi connectivity index (χ0) is 17.0. The van der Waals surface area contributed by atoms with Crippen molar-refractivity contribution < 1.29 is 4.79 Å². The van der Waals surface area contributed by atoms with Crippen LogP contribution in [0.15, 0.2) is 36.4 Å². The summed E-state index contributed by atoms with van der Waals surface area (Å²) in [6, 6.07) is 11.7. The Labute approximate surface area is 142 Å². The Balaban J connectivity index is 1.95. The molecule has 0 saturated carbocycles. The van der Waals surface area contributed by atoms with Gasteiger partial charge < -0.3 is 15.5 Å². The smallest absolute Gasteiger partial charge is 0.243 e. The Morgan fingerprint density at radius 1 is 1.13 bits per heavy atom. The van der Waals surface area contributed by atoms with Crippen LogP contribution >= 0.6 is 11.6 Å². The van der Waals surface area contributed by atoms with Gasteiger partial charge in [0.15, 0.2) is 0 Å². The summed E-state index contributed by atoms with van der Waals surface area (Å²) in [6.45, 7) is 4.09. The Morgan fingerprint density at radius 3 is 2.35 bits per heavy atom. The number of halogens is 1. The van der Waals surface area contributed by atoms with E-state index in [2.05, 4.69) is 10.6 Å². The van der Waals surface area contributed by atoms with Crippen LogP contribution in [0.2, 0.25) is 5.02 Å². The van der Waals surface area contributed by atoms with E-state index in [-0.39, 0.29) is 12.5 Å². The molecule has 0 atom stereocenters. The fourth-order valence-corrected chi connectivity index (χ4v) is 2.69. The second-order valence-electron chi connectivity index (χ2n) is 5.78. The molecule has 0 bridgehead atoms. The number of rotatable bonds is 5. The molecule has 1 amide bonds. The Morgan fingerprint density at radius 2 is 1.78 bits per heavy atom. The summed E-state index contributed by atoms with van der Waals surface area (Å²) in [4.78, 5) is 14.1. The highest BCUT2D eigenvalue weighted by Gasteiger charge is 2.09. The van der Waals surface area contributed by atoms with Crippen LogP contribution in [0.25, 0.3) is 0 Å². The van der Waals surface area contributed by atoms with Gasteiger partial charge in [0.1, 0.15) is 0 Å². The lowest BCUT2D eigenvalue weighted by Crippen LogP contribution is -2.22. The fraction of sp³-hybridized carbons (Fsp3) is 0.278. The van der Waals surface area contributed by atoms with E-state index < -0.39 is 0 Å². The molecule has 0 aromatic heterocycles. The van der Waals surface area contributed by atoms with Gasteiger partial charge in [0.25, 0.3) is 0 Å². The maximum absolute atomic E-state index is 12.1. The number of carbonyl (C=O) groups is 1. The van der Waals surface area contributed by atoms with Gasteiger partial charge in [0.2, 0.25) is 5.91 Å². The second-order valence-corrected chi connectivity index (χ2v) is 6.19. The molecule has 2 N–H and O–H groups in total. The molecular formula is C18H22ClN3O. The molecule has 0 saturated heterocycles. The van der Waals surface area contributed by atoms with Crippen LogP contribution in [-0.4, -0.2) is 26.5 Å². The van der Waals surface area contributed by atoms with Crippen LogP contribution < -0.4 is 15.5 Å². The Kier molecular flexibility index (Phi) is 5.50. The molecule has 2 rings (SSSR count). The third-order valence-corrected chi connectivity index (χ3v) is 3.83. The molecule has 2 aromatic carbocycles. The lowest BCUT2D eigenvalue weighted by atomic mass is 10.1. The first-order chi connectivity index (χ1) is 10.9. The van der Waals surface area contributed by atoms with E-state index in [4.69, 9.17) is 11.6 Å². The van der Waals surface area contributed by atoms with Gasteiger partial charge in [-0.25, -0.2) is 0 Å². The highest BCUT2D eigenvalue weighted by Crippen LogP contribution is 2.27. The van der Waals surface area contributed by atoms with Crippen molar-refractivity contribution in [2.75, 3.05) is 36.2 Å². The van der Waals surface area contributed by atoms with Crippen molar-refractivity contribution in [2.24, 2.45) is 0 Å². The molecule has 0 aliphatic heterocycles. The number of benzene rings is 2. The summed E-state index contributed by atoms with van der Waals surface area (Å²) in [5.41, 5.74) is 4.72.